The second kappa shape index (κ2) is 9.05. The van der Waals surface area contributed by atoms with E-state index in [0.29, 0.717) is 11.5 Å². The molecule has 0 aliphatic carbocycles. The van der Waals surface area contributed by atoms with Gasteiger partial charge in [-0.3, -0.25) is 4.79 Å². The summed E-state index contributed by atoms with van der Waals surface area (Å²) in [6.45, 7) is 13.8. The lowest BCUT2D eigenvalue weighted by molar-refractivity contribution is -0.119. The standard InChI is InChI=1S/C24H31NO3/c1-8-14(2)20-11-9-10-12-21(20)25-22(26)13-28-24(27)23-18(6)16(4)15(3)17(5)19(23)7/h9-12,14H,8,13H2,1-7H3,(H,25,26)/t14-/m1/s1. The third-order valence-corrected chi connectivity index (χ3v) is 5.92. The predicted octanol–water partition coefficient (Wildman–Crippen LogP) is 5.54. The van der Waals surface area contributed by atoms with Crippen LogP contribution >= 0.6 is 0 Å². The van der Waals surface area contributed by atoms with Crippen LogP contribution < -0.4 is 5.32 Å². The van der Waals surface area contributed by atoms with Gasteiger partial charge in [0.25, 0.3) is 5.91 Å². The maximum atomic E-state index is 12.7. The van der Waals surface area contributed by atoms with Gasteiger partial charge in [-0.05, 0) is 86.4 Å². The van der Waals surface area contributed by atoms with Crippen LogP contribution in [0.2, 0.25) is 0 Å². The Morgan fingerprint density at radius 2 is 1.46 bits per heavy atom. The summed E-state index contributed by atoms with van der Waals surface area (Å²) >= 11 is 0. The Morgan fingerprint density at radius 3 is 2.04 bits per heavy atom. The third kappa shape index (κ3) is 4.44. The largest absolute Gasteiger partial charge is 0.452 e. The minimum absolute atomic E-state index is 0.307. The van der Waals surface area contributed by atoms with Crippen molar-refractivity contribution >= 4 is 17.6 Å². The number of ether oxygens (including phenoxy) is 1. The molecule has 0 aromatic heterocycles. The molecule has 0 radical (unpaired) electrons. The molecule has 0 spiro atoms. The van der Waals surface area contributed by atoms with E-state index in [-0.39, 0.29) is 12.5 Å². The highest BCUT2D eigenvalue weighted by molar-refractivity contribution is 5.97. The Balaban J connectivity index is 2.12. The fourth-order valence-electron chi connectivity index (χ4n) is 3.46. The van der Waals surface area contributed by atoms with E-state index in [1.54, 1.807) is 0 Å². The Kier molecular flexibility index (Phi) is 7.00. The Morgan fingerprint density at radius 1 is 0.929 bits per heavy atom. The Bertz CT molecular complexity index is 870. The molecule has 1 atom stereocenters. The van der Waals surface area contributed by atoms with Gasteiger partial charge >= 0.3 is 5.97 Å². The Hall–Kier alpha value is -2.62. The number of rotatable bonds is 6. The van der Waals surface area contributed by atoms with Crippen LogP contribution in [0.5, 0.6) is 0 Å². The first-order valence-electron chi connectivity index (χ1n) is 9.81. The zero-order chi connectivity index (χ0) is 21.0. The predicted molar refractivity (Wildman–Crippen MR) is 114 cm³/mol. The van der Waals surface area contributed by atoms with Gasteiger partial charge in [-0.15, -0.1) is 0 Å². The molecule has 1 N–H and O–H groups in total. The van der Waals surface area contributed by atoms with Gasteiger partial charge in [0.1, 0.15) is 0 Å². The van der Waals surface area contributed by atoms with E-state index in [0.717, 1.165) is 39.9 Å². The summed E-state index contributed by atoms with van der Waals surface area (Å²) in [7, 11) is 0. The molecule has 0 unspecified atom stereocenters. The number of para-hydroxylation sites is 1. The number of nitrogens with one attached hydrogen (secondary N) is 1. The Labute approximate surface area is 168 Å². The number of anilines is 1. The van der Waals surface area contributed by atoms with Gasteiger partial charge in [0, 0.05) is 5.69 Å². The summed E-state index contributed by atoms with van der Waals surface area (Å²) in [5.74, 6) is -0.450. The van der Waals surface area contributed by atoms with Gasteiger partial charge in [0.15, 0.2) is 6.61 Å². The first kappa shape index (κ1) is 21.7. The van der Waals surface area contributed by atoms with Gasteiger partial charge < -0.3 is 10.1 Å². The van der Waals surface area contributed by atoms with Crippen molar-refractivity contribution in [3.05, 3.63) is 63.2 Å². The lowest BCUT2D eigenvalue weighted by Crippen LogP contribution is -2.23. The zero-order valence-electron chi connectivity index (χ0n) is 18.0. The number of carbonyl (C=O) groups excluding carboxylic acids is 2. The lowest BCUT2D eigenvalue weighted by Gasteiger charge is -2.18. The molecule has 0 aliphatic heterocycles. The maximum Gasteiger partial charge on any atom is 0.339 e. The normalized spacial score (nSPS) is 11.8. The monoisotopic (exact) mass is 381 g/mol. The van der Waals surface area contributed by atoms with Gasteiger partial charge in [-0.2, -0.15) is 0 Å². The molecule has 0 aliphatic rings. The highest BCUT2D eigenvalue weighted by Gasteiger charge is 2.20. The lowest BCUT2D eigenvalue weighted by atomic mass is 9.90. The molecule has 0 fully saturated rings. The quantitative estimate of drug-likeness (QED) is 0.669. The van der Waals surface area contributed by atoms with Gasteiger partial charge in [0.05, 0.1) is 5.56 Å². The molecule has 0 saturated carbocycles. The van der Waals surface area contributed by atoms with Crippen molar-refractivity contribution in [2.45, 2.75) is 60.8 Å². The average molecular weight is 382 g/mol. The number of hydrogen-bond acceptors (Lipinski definition) is 3. The van der Waals surface area contributed by atoms with E-state index in [4.69, 9.17) is 4.74 Å². The van der Waals surface area contributed by atoms with Crippen molar-refractivity contribution in [1.82, 2.24) is 0 Å². The van der Waals surface area contributed by atoms with E-state index in [1.807, 2.05) is 52.0 Å². The average Bonchev–Trinajstić information content (AvgIpc) is 2.69. The fourth-order valence-corrected chi connectivity index (χ4v) is 3.46. The summed E-state index contributed by atoms with van der Waals surface area (Å²) in [5, 5.41) is 2.88. The molecule has 150 valence electrons. The summed E-state index contributed by atoms with van der Waals surface area (Å²) in [4.78, 5) is 25.1. The molecule has 4 heteroatoms. The van der Waals surface area contributed by atoms with Crippen molar-refractivity contribution in [2.75, 3.05) is 11.9 Å². The molecule has 0 bridgehead atoms. The van der Waals surface area contributed by atoms with E-state index < -0.39 is 5.97 Å². The van der Waals surface area contributed by atoms with Crippen LogP contribution in [0.25, 0.3) is 0 Å². The minimum Gasteiger partial charge on any atom is -0.452 e. The highest BCUT2D eigenvalue weighted by atomic mass is 16.5. The highest BCUT2D eigenvalue weighted by Crippen LogP contribution is 2.27. The van der Waals surface area contributed by atoms with Crippen LogP contribution in [0.3, 0.4) is 0 Å². The SMILES string of the molecule is CC[C@@H](C)c1ccccc1NC(=O)COC(=O)c1c(C)c(C)c(C)c(C)c1C. The van der Waals surface area contributed by atoms with E-state index in [1.165, 1.54) is 5.56 Å². The van der Waals surface area contributed by atoms with Crippen molar-refractivity contribution in [2.24, 2.45) is 0 Å². The molecule has 2 aromatic rings. The van der Waals surface area contributed by atoms with E-state index in [9.17, 15) is 9.59 Å². The molecular formula is C24H31NO3. The molecular weight excluding hydrogens is 350 g/mol. The third-order valence-electron chi connectivity index (χ3n) is 5.92. The number of benzene rings is 2. The number of hydrogen-bond donors (Lipinski definition) is 1. The first-order chi connectivity index (χ1) is 13.2. The second-order valence-electron chi connectivity index (χ2n) is 7.52. The molecule has 4 nitrogen and oxygen atoms in total. The van der Waals surface area contributed by atoms with Crippen LogP contribution in [0, 0.1) is 34.6 Å². The van der Waals surface area contributed by atoms with E-state index >= 15 is 0 Å². The molecule has 1 amide bonds. The summed E-state index contributed by atoms with van der Waals surface area (Å²) in [6.07, 6.45) is 0.979. The molecule has 2 aromatic carbocycles. The van der Waals surface area contributed by atoms with Crippen molar-refractivity contribution in [3.63, 3.8) is 0 Å². The van der Waals surface area contributed by atoms with Gasteiger partial charge in [0.2, 0.25) is 0 Å². The van der Waals surface area contributed by atoms with Crippen LogP contribution in [0.15, 0.2) is 24.3 Å². The topological polar surface area (TPSA) is 55.4 Å². The second-order valence-corrected chi connectivity index (χ2v) is 7.52. The maximum absolute atomic E-state index is 12.7. The van der Waals surface area contributed by atoms with Crippen molar-refractivity contribution in [3.8, 4) is 0 Å². The van der Waals surface area contributed by atoms with Crippen molar-refractivity contribution in [1.29, 1.82) is 0 Å². The van der Waals surface area contributed by atoms with Crippen molar-refractivity contribution < 1.29 is 14.3 Å². The van der Waals surface area contributed by atoms with Crippen LogP contribution in [-0.2, 0) is 9.53 Å². The van der Waals surface area contributed by atoms with Crippen LogP contribution in [-0.4, -0.2) is 18.5 Å². The summed E-state index contributed by atoms with van der Waals surface area (Å²) in [6, 6.07) is 7.74. The first-order valence-corrected chi connectivity index (χ1v) is 9.81. The van der Waals surface area contributed by atoms with E-state index in [2.05, 4.69) is 26.1 Å². The smallest absolute Gasteiger partial charge is 0.339 e. The van der Waals surface area contributed by atoms with Gasteiger partial charge in [-0.25, -0.2) is 4.79 Å². The minimum atomic E-state index is -0.452. The number of esters is 1. The molecule has 28 heavy (non-hydrogen) atoms. The van der Waals surface area contributed by atoms with Crippen LogP contribution in [0.1, 0.15) is 69.9 Å². The summed E-state index contributed by atoms with van der Waals surface area (Å²) < 4.78 is 5.35. The number of carbonyl (C=O) groups is 2. The van der Waals surface area contributed by atoms with Gasteiger partial charge in [-0.1, -0.05) is 32.0 Å². The fraction of sp³-hybridized carbons (Fsp3) is 0.417. The zero-order valence-corrected chi connectivity index (χ0v) is 18.0. The van der Waals surface area contributed by atoms with Crippen LogP contribution in [0.4, 0.5) is 5.69 Å². The summed E-state index contributed by atoms with van der Waals surface area (Å²) in [5.41, 5.74) is 7.60. The number of amides is 1. The molecule has 2 rings (SSSR count). The molecule has 0 heterocycles. The molecule has 0 saturated heterocycles.